The molecular weight excluding hydrogens is 529 g/mol. The Balaban J connectivity index is 1.99. The van der Waals surface area contributed by atoms with Gasteiger partial charge in [0, 0.05) is 25.0 Å². The largest absolute Gasteiger partial charge is 0.506 e. The summed E-state index contributed by atoms with van der Waals surface area (Å²) in [6.07, 6.45) is 12.0. The van der Waals surface area contributed by atoms with Gasteiger partial charge in [0.25, 0.3) is 0 Å². The van der Waals surface area contributed by atoms with Crippen LogP contribution in [0.25, 0.3) is 6.08 Å². The van der Waals surface area contributed by atoms with Crippen LogP contribution in [0.2, 0.25) is 0 Å². The Morgan fingerprint density at radius 3 is 1.50 bits per heavy atom. The zero-order valence-corrected chi connectivity index (χ0v) is 28.6. The lowest BCUT2D eigenvalue weighted by molar-refractivity contribution is -0.113. The van der Waals surface area contributed by atoms with Crippen molar-refractivity contribution in [1.29, 1.82) is 0 Å². The Bertz CT molecular complexity index is 1240. The maximum Gasteiger partial charge on any atom is 0.218 e. The molecule has 4 heteroatoms. The first-order chi connectivity index (χ1) is 18.1. The molecule has 40 heavy (non-hydrogen) atoms. The number of rotatable bonds is 6. The normalized spacial score (nSPS) is 18.1. The Kier molecular flexibility index (Phi) is 9.59. The fraction of sp³-hybridized carbons (Fsp3) is 0.556. The summed E-state index contributed by atoms with van der Waals surface area (Å²) in [5.74, 6) is 0.0246. The molecule has 0 radical (unpaired) electrons. The molecule has 0 bridgehead atoms. The van der Waals surface area contributed by atoms with Crippen molar-refractivity contribution in [3.8, 4) is 0 Å². The second kappa shape index (κ2) is 11.8. The molecule has 2 aliphatic rings. The first-order valence-electron chi connectivity index (χ1n) is 14.5. The van der Waals surface area contributed by atoms with Crippen LogP contribution in [0, 0.1) is 21.7 Å². The average molecular weight is 580 g/mol. The minimum Gasteiger partial charge on any atom is -0.506 e. The van der Waals surface area contributed by atoms with E-state index in [1.165, 1.54) is 19.6 Å². The van der Waals surface area contributed by atoms with E-state index in [9.17, 15) is 9.90 Å². The third kappa shape index (κ3) is 10.2. The molecule has 218 valence electrons. The highest BCUT2D eigenvalue weighted by Crippen LogP contribution is 2.44. The zero-order valence-electron chi connectivity index (χ0n) is 27.0. The molecule has 3 rings (SSSR count). The van der Waals surface area contributed by atoms with E-state index in [4.69, 9.17) is 0 Å². The number of hydrogen-bond donors (Lipinski definition) is 1. The minimum absolute atomic E-state index is 0.0814. The maximum atomic E-state index is 13.3. The van der Waals surface area contributed by atoms with Crippen molar-refractivity contribution in [2.45, 2.75) is 109 Å². The van der Waals surface area contributed by atoms with E-state index in [2.05, 4.69) is 107 Å². The lowest BCUT2D eigenvalue weighted by Crippen LogP contribution is -2.21. The fourth-order valence-corrected chi connectivity index (χ4v) is 8.41. The molecule has 2 heterocycles. The fourth-order valence-electron chi connectivity index (χ4n) is 4.93. The Hall–Kier alpha value is -1.91. The molecule has 0 spiro atoms. The number of ketones is 1. The van der Waals surface area contributed by atoms with Crippen LogP contribution >= 0.6 is 23.1 Å². The van der Waals surface area contributed by atoms with E-state index in [0.29, 0.717) is 11.1 Å². The van der Waals surface area contributed by atoms with Crippen molar-refractivity contribution in [1.82, 2.24) is 0 Å². The number of thioether (sulfide) groups is 1. The van der Waals surface area contributed by atoms with Crippen molar-refractivity contribution in [3.63, 3.8) is 0 Å². The molecule has 0 fully saturated rings. The topological polar surface area (TPSA) is 37.3 Å². The van der Waals surface area contributed by atoms with Crippen LogP contribution in [0.3, 0.4) is 0 Å². The molecule has 2 nitrogen and oxygen atoms in total. The third-order valence-electron chi connectivity index (χ3n) is 6.27. The standard InChI is InChI=1S/C36H50O2S2/c1-33(2,3)19-25-13-23(14-26(39-25)20-34(4,5)6)17-29-31(37)30(32(29)38)18-24-15-27(21-35(7,8)9)40-28(16-24)22-36(10,11)12/h13-18H,19-22H2,1-12H3/p+1. The summed E-state index contributed by atoms with van der Waals surface area (Å²) in [5, 5.41) is 11.0. The average Bonchev–Trinajstić information content (AvgIpc) is 2.70. The van der Waals surface area contributed by atoms with Crippen LogP contribution in [-0.4, -0.2) is 10.9 Å². The van der Waals surface area contributed by atoms with Gasteiger partial charge in [-0.3, -0.25) is 4.79 Å². The van der Waals surface area contributed by atoms with Gasteiger partial charge in [0.2, 0.25) is 26.9 Å². The van der Waals surface area contributed by atoms with Gasteiger partial charge in [-0.2, -0.15) is 0 Å². The monoisotopic (exact) mass is 579 g/mol. The van der Waals surface area contributed by atoms with Gasteiger partial charge in [0.15, 0.2) is 0 Å². The van der Waals surface area contributed by atoms with Crippen LogP contribution in [-0.2, 0) is 17.6 Å². The number of hydrogen-bond acceptors (Lipinski definition) is 3. The van der Waals surface area contributed by atoms with Gasteiger partial charge in [-0.05, 0) is 79.8 Å². The summed E-state index contributed by atoms with van der Waals surface area (Å²) >= 11 is 3.73. The van der Waals surface area contributed by atoms with Crippen molar-refractivity contribution < 1.29 is 9.90 Å². The van der Waals surface area contributed by atoms with E-state index in [0.717, 1.165) is 36.8 Å². The zero-order chi connectivity index (χ0) is 30.3. The van der Waals surface area contributed by atoms with Gasteiger partial charge in [-0.25, -0.2) is 0 Å². The van der Waals surface area contributed by atoms with E-state index in [1.807, 2.05) is 35.3 Å². The molecule has 1 aliphatic carbocycles. The van der Waals surface area contributed by atoms with E-state index >= 15 is 0 Å². The predicted molar refractivity (Wildman–Crippen MR) is 178 cm³/mol. The summed E-state index contributed by atoms with van der Waals surface area (Å²) in [6.45, 7) is 27.1. The minimum atomic E-state index is -0.0814. The van der Waals surface area contributed by atoms with Gasteiger partial charge in [0.1, 0.15) is 5.76 Å². The molecule has 0 atom stereocenters. The molecular formula is C36H51O2S2+. The Labute approximate surface area is 252 Å². The summed E-state index contributed by atoms with van der Waals surface area (Å²) in [4.78, 5) is 18.6. The first-order valence-corrected chi connectivity index (χ1v) is 16.2. The van der Waals surface area contributed by atoms with Crippen LogP contribution in [0.15, 0.2) is 62.6 Å². The lowest BCUT2D eigenvalue weighted by atomic mass is 9.84. The molecule has 0 saturated carbocycles. The third-order valence-corrected chi connectivity index (χ3v) is 8.37. The highest BCUT2D eigenvalue weighted by atomic mass is 32.2. The molecule has 0 unspecified atom stereocenters. The molecule has 1 aliphatic heterocycles. The second-order valence-electron chi connectivity index (χ2n) is 16.4. The molecule has 1 N–H and O–H groups in total. The summed E-state index contributed by atoms with van der Waals surface area (Å²) < 4.78 is 0. The number of carbonyl (C=O) groups is 1. The summed E-state index contributed by atoms with van der Waals surface area (Å²) in [5.41, 5.74) is 3.50. The van der Waals surface area contributed by atoms with Crippen LogP contribution in [0.1, 0.15) is 111 Å². The van der Waals surface area contributed by atoms with E-state index < -0.39 is 0 Å². The van der Waals surface area contributed by atoms with E-state index in [1.54, 1.807) is 0 Å². The molecule has 0 saturated heterocycles. The van der Waals surface area contributed by atoms with Crippen LogP contribution in [0.5, 0.6) is 0 Å². The maximum absolute atomic E-state index is 13.3. The molecule has 0 amide bonds. The number of aliphatic hydroxyl groups excluding tert-OH is 1. The SMILES string of the molecule is CC(C)(C)CC1=CC(=CC2=C(O)C(=Cc3cc(CC(C)(C)C)[s+]c(CC(C)(C)C)c3)C2=O)C=C(CC(C)(C)C)S1. The van der Waals surface area contributed by atoms with Gasteiger partial charge in [0.05, 0.1) is 11.1 Å². The number of aliphatic hydroxyl groups is 1. The van der Waals surface area contributed by atoms with Crippen LogP contribution < -0.4 is 0 Å². The first kappa shape index (κ1) is 32.6. The quantitative estimate of drug-likeness (QED) is 0.269. The van der Waals surface area contributed by atoms with Gasteiger partial charge < -0.3 is 5.11 Å². The van der Waals surface area contributed by atoms with Gasteiger partial charge in [-0.1, -0.05) is 94.8 Å². The number of carbonyl (C=O) groups excluding carboxylic acids is 1. The number of allylic oxidation sites excluding steroid dienone is 8. The summed E-state index contributed by atoms with van der Waals surface area (Å²) in [6, 6.07) is 4.38. The molecule has 1 aromatic rings. The Morgan fingerprint density at radius 1 is 0.700 bits per heavy atom. The lowest BCUT2D eigenvalue weighted by Gasteiger charge is -2.27. The highest BCUT2D eigenvalue weighted by molar-refractivity contribution is 8.06. The number of Topliss-reactive ketones (excluding diaryl/α,β-unsaturated/α-hetero) is 1. The second-order valence-corrected chi connectivity index (χ2v) is 18.9. The van der Waals surface area contributed by atoms with Crippen molar-refractivity contribution in [2.24, 2.45) is 21.7 Å². The predicted octanol–water partition coefficient (Wildman–Crippen LogP) is 11.3. The van der Waals surface area contributed by atoms with Gasteiger partial charge in [-0.15, -0.1) is 0 Å². The van der Waals surface area contributed by atoms with Crippen molar-refractivity contribution in [2.75, 3.05) is 0 Å². The molecule has 0 aromatic carbocycles. The van der Waals surface area contributed by atoms with Crippen molar-refractivity contribution >= 4 is 35.0 Å². The molecule has 1 aromatic heterocycles. The van der Waals surface area contributed by atoms with Crippen LogP contribution in [0.4, 0.5) is 0 Å². The van der Waals surface area contributed by atoms with Gasteiger partial charge >= 0.3 is 0 Å². The Morgan fingerprint density at radius 2 is 1.12 bits per heavy atom. The van der Waals surface area contributed by atoms with Crippen molar-refractivity contribution in [3.05, 3.63) is 78.0 Å². The smallest absolute Gasteiger partial charge is 0.218 e. The van der Waals surface area contributed by atoms with E-state index in [-0.39, 0.29) is 33.2 Å². The summed E-state index contributed by atoms with van der Waals surface area (Å²) in [7, 11) is 0. The highest BCUT2D eigenvalue weighted by Gasteiger charge is 2.33.